The van der Waals surface area contributed by atoms with Crippen molar-refractivity contribution >= 4 is 11.9 Å². The molecule has 0 aliphatic heterocycles. The number of nitrogens with zero attached hydrogens (tertiary/aromatic N) is 3. The summed E-state index contributed by atoms with van der Waals surface area (Å²) in [6, 6.07) is 7.08. The molecular formula is C20H30N6O2. The number of carbonyl (C=O) groups is 1. The Kier molecular flexibility index (Phi) is 7.86. The molecule has 28 heavy (non-hydrogen) atoms. The monoisotopic (exact) mass is 386 g/mol. The zero-order chi connectivity index (χ0) is 20.5. The van der Waals surface area contributed by atoms with Crippen LogP contribution in [0, 0.1) is 13.8 Å². The number of amides is 1. The Bertz CT molecular complexity index is 828. The van der Waals surface area contributed by atoms with E-state index in [4.69, 9.17) is 4.74 Å². The van der Waals surface area contributed by atoms with Crippen LogP contribution in [0.2, 0.25) is 0 Å². The van der Waals surface area contributed by atoms with Crippen molar-refractivity contribution in [2.45, 2.75) is 27.3 Å². The fourth-order valence-electron chi connectivity index (χ4n) is 2.77. The first-order valence-corrected chi connectivity index (χ1v) is 9.39. The molecule has 0 saturated carbocycles. The zero-order valence-corrected chi connectivity index (χ0v) is 17.3. The van der Waals surface area contributed by atoms with Crippen LogP contribution in [0.15, 0.2) is 29.3 Å². The van der Waals surface area contributed by atoms with Crippen molar-refractivity contribution in [2.24, 2.45) is 12.0 Å². The summed E-state index contributed by atoms with van der Waals surface area (Å²) in [5, 5.41) is 13.8. The maximum absolute atomic E-state index is 12.2. The smallest absolute Gasteiger partial charge is 0.251 e. The second kappa shape index (κ2) is 10.3. The fraction of sp³-hybridized carbons (Fsp3) is 0.450. The van der Waals surface area contributed by atoms with Gasteiger partial charge >= 0.3 is 0 Å². The number of methoxy groups -OCH3 is 1. The van der Waals surface area contributed by atoms with Gasteiger partial charge in [0.1, 0.15) is 5.75 Å². The van der Waals surface area contributed by atoms with Gasteiger partial charge in [0, 0.05) is 43.5 Å². The third-order valence-corrected chi connectivity index (χ3v) is 4.43. The number of aromatic nitrogens is 2. The number of aryl methyl sites for hydroxylation is 2. The van der Waals surface area contributed by atoms with Crippen LogP contribution in [-0.4, -0.2) is 48.4 Å². The minimum absolute atomic E-state index is 0.135. The third-order valence-electron chi connectivity index (χ3n) is 4.43. The van der Waals surface area contributed by atoms with Crippen LogP contribution < -0.4 is 20.7 Å². The topological polar surface area (TPSA) is 92.6 Å². The lowest BCUT2D eigenvalue weighted by Gasteiger charge is -2.12. The molecule has 0 spiro atoms. The Labute approximate surface area is 166 Å². The van der Waals surface area contributed by atoms with E-state index in [1.165, 1.54) is 0 Å². The van der Waals surface area contributed by atoms with Crippen molar-refractivity contribution in [1.29, 1.82) is 0 Å². The summed E-state index contributed by atoms with van der Waals surface area (Å²) in [5.41, 5.74) is 3.81. The molecule has 0 unspecified atom stereocenters. The molecular weight excluding hydrogens is 356 g/mol. The molecule has 8 nitrogen and oxygen atoms in total. The number of ether oxygens (including phenoxy) is 1. The number of carbonyl (C=O) groups excluding carboxylic acids is 1. The van der Waals surface area contributed by atoms with Crippen molar-refractivity contribution < 1.29 is 9.53 Å². The Balaban J connectivity index is 1.86. The van der Waals surface area contributed by atoms with Crippen LogP contribution in [0.1, 0.15) is 34.2 Å². The molecule has 1 amide bonds. The Morgan fingerprint density at radius 3 is 2.61 bits per heavy atom. The van der Waals surface area contributed by atoms with Gasteiger partial charge in [-0.25, -0.2) is 4.99 Å². The average Bonchev–Trinajstić information content (AvgIpc) is 2.94. The number of hydrogen-bond acceptors (Lipinski definition) is 4. The van der Waals surface area contributed by atoms with Crippen molar-refractivity contribution in [1.82, 2.24) is 25.7 Å². The van der Waals surface area contributed by atoms with Crippen molar-refractivity contribution in [3.05, 3.63) is 46.8 Å². The van der Waals surface area contributed by atoms with Gasteiger partial charge in [-0.1, -0.05) is 6.07 Å². The quantitative estimate of drug-likeness (QED) is 0.364. The van der Waals surface area contributed by atoms with E-state index in [-0.39, 0.29) is 5.91 Å². The molecule has 0 aliphatic rings. The van der Waals surface area contributed by atoms with E-state index in [2.05, 4.69) is 26.0 Å². The number of nitrogens with one attached hydrogen (secondary N) is 3. The van der Waals surface area contributed by atoms with Gasteiger partial charge in [0.05, 0.1) is 19.3 Å². The first-order valence-electron chi connectivity index (χ1n) is 9.39. The number of hydrogen-bond donors (Lipinski definition) is 3. The summed E-state index contributed by atoms with van der Waals surface area (Å²) in [6.07, 6.45) is 0. The van der Waals surface area contributed by atoms with E-state index in [9.17, 15) is 4.79 Å². The molecule has 0 radical (unpaired) electrons. The third kappa shape index (κ3) is 5.73. The normalized spacial score (nSPS) is 11.2. The Hall–Kier alpha value is -3.03. The SMILES string of the molecule is CCNC(=NCc1c(C)nn(C)c1C)NCCNC(=O)c1cccc(OC)c1. The highest BCUT2D eigenvalue weighted by molar-refractivity contribution is 5.94. The molecule has 0 atom stereocenters. The Morgan fingerprint density at radius 2 is 1.96 bits per heavy atom. The predicted octanol–water partition coefficient (Wildman–Crippen LogP) is 1.53. The van der Waals surface area contributed by atoms with E-state index < -0.39 is 0 Å². The summed E-state index contributed by atoms with van der Waals surface area (Å²) in [6.45, 7) is 8.40. The minimum Gasteiger partial charge on any atom is -0.497 e. The van der Waals surface area contributed by atoms with E-state index >= 15 is 0 Å². The highest BCUT2D eigenvalue weighted by Gasteiger charge is 2.09. The van der Waals surface area contributed by atoms with Crippen molar-refractivity contribution in [2.75, 3.05) is 26.7 Å². The predicted molar refractivity (Wildman–Crippen MR) is 111 cm³/mol. The number of rotatable bonds is 8. The number of aliphatic imine (C=N–C) groups is 1. The molecule has 1 heterocycles. The second-order valence-corrected chi connectivity index (χ2v) is 6.38. The second-order valence-electron chi connectivity index (χ2n) is 6.38. The molecule has 8 heteroatoms. The maximum atomic E-state index is 12.2. The standard InChI is InChI=1S/C20H30N6O2/c1-6-21-20(24-13-18-14(2)25-26(4)15(18)3)23-11-10-22-19(27)16-8-7-9-17(12-16)28-5/h7-9,12H,6,10-11,13H2,1-5H3,(H,22,27)(H2,21,23,24). The molecule has 2 rings (SSSR count). The fourth-order valence-corrected chi connectivity index (χ4v) is 2.77. The minimum atomic E-state index is -0.135. The maximum Gasteiger partial charge on any atom is 0.251 e. The van der Waals surface area contributed by atoms with E-state index in [1.54, 1.807) is 25.3 Å². The van der Waals surface area contributed by atoms with Gasteiger partial charge in [0.25, 0.3) is 5.91 Å². The molecule has 1 aromatic carbocycles. The van der Waals surface area contributed by atoms with Gasteiger partial charge in [-0.3, -0.25) is 9.48 Å². The van der Waals surface area contributed by atoms with Gasteiger partial charge in [-0.2, -0.15) is 5.10 Å². The van der Waals surface area contributed by atoms with Crippen molar-refractivity contribution in [3.63, 3.8) is 0 Å². The van der Waals surface area contributed by atoms with Crippen LogP contribution in [-0.2, 0) is 13.6 Å². The van der Waals surface area contributed by atoms with E-state index in [0.29, 0.717) is 36.9 Å². The lowest BCUT2D eigenvalue weighted by molar-refractivity contribution is 0.0954. The summed E-state index contributed by atoms with van der Waals surface area (Å²) >= 11 is 0. The summed E-state index contributed by atoms with van der Waals surface area (Å²) in [5.74, 6) is 1.23. The number of guanidine groups is 1. The lowest BCUT2D eigenvalue weighted by atomic mass is 10.2. The first-order chi connectivity index (χ1) is 13.5. The largest absolute Gasteiger partial charge is 0.497 e. The Morgan fingerprint density at radius 1 is 1.21 bits per heavy atom. The van der Waals surface area contributed by atoms with Crippen LogP contribution in [0.25, 0.3) is 0 Å². The molecule has 0 saturated heterocycles. The summed E-state index contributed by atoms with van der Waals surface area (Å²) < 4.78 is 7.02. The molecule has 0 aliphatic carbocycles. The molecule has 2 aromatic rings. The number of benzene rings is 1. The van der Waals surface area contributed by atoms with Crippen LogP contribution in [0.4, 0.5) is 0 Å². The van der Waals surface area contributed by atoms with Gasteiger partial charge < -0.3 is 20.7 Å². The van der Waals surface area contributed by atoms with Gasteiger partial charge in [0.2, 0.25) is 0 Å². The lowest BCUT2D eigenvalue weighted by Crippen LogP contribution is -2.41. The summed E-state index contributed by atoms with van der Waals surface area (Å²) in [7, 11) is 3.51. The van der Waals surface area contributed by atoms with Gasteiger partial charge in [0.15, 0.2) is 5.96 Å². The molecule has 0 fully saturated rings. The van der Waals surface area contributed by atoms with Crippen LogP contribution in [0.3, 0.4) is 0 Å². The van der Waals surface area contributed by atoms with Gasteiger partial charge in [-0.15, -0.1) is 0 Å². The average molecular weight is 387 g/mol. The first kappa shape index (κ1) is 21.3. The van der Waals surface area contributed by atoms with E-state index in [0.717, 1.165) is 23.5 Å². The molecule has 152 valence electrons. The van der Waals surface area contributed by atoms with Crippen molar-refractivity contribution in [3.8, 4) is 5.75 Å². The van der Waals surface area contributed by atoms with Gasteiger partial charge in [-0.05, 0) is 39.0 Å². The molecule has 1 aromatic heterocycles. The molecule has 0 bridgehead atoms. The molecule has 3 N–H and O–H groups in total. The van der Waals surface area contributed by atoms with E-state index in [1.807, 2.05) is 38.6 Å². The van der Waals surface area contributed by atoms with Crippen LogP contribution in [0.5, 0.6) is 5.75 Å². The highest BCUT2D eigenvalue weighted by Crippen LogP contribution is 2.13. The zero-order valence-electron chi connectivity index (χ0n) is 17.3. The highest BCUT2D eigenvalue weighted by atomic mass is 16.5. The summed E-state index contributed by atoms with van der Waals surface area (Å²) in [4.78, 5) is 16.8. The van der Waals surface area contributed by atoms with Crippen LogP contribution >= 0.6 is 0 Å².